The summed E-state index contributed by atoms with van der Waals surface area (Å²) in [6, 6.07) is 13.3. The molecule has 39 heavy (non-hydrogen) atoms. The number of hydrogen-bond donors (Lipinski definition) is 1. The summed E-state index contributed by atoms with van der Waals surface area (Å²) in [7, 11) is -4.19. The van der Waals surface area contributed by atoms with Crippen LogP contribution in [0.15, 0.2) is 69.5 Å². The van der Waals surface area contributed by atoms with E-state index in [1.807, 2.05) is 20.8 Å². The molecule has 1 saturated heterocycles. The van der Waals surface area contributed by atoms with E-state index in [-0.39, 0.29) is 33.0 Å². The van der Waals surface area contributed by atoms with Crippen molar-refractivity contribution in [3.8, 4) is 11.5 Å². The number of halogens is 1. The van der Waals surface area contributed by atoms with Crippen LogP contribution in [0.5, 0.6) is 11.5 Å². The average molecular weight is 613 g/mol. The lowest BCUT2D eigenvalue weighted by Crippen LogP contribution is -2.54. The van der Waals surface area contributed by atoms with E-state index in [9.17, 15) is 22.8 Å². The molecular weight excluding hydrogens is 588 g/mol. The van der Waals surface area contributed by atoms with E-state index in [2.05, 4.69) is 21.2 Å². The summed E-state index contributed by atoms with van der Waals surface area (Å²) in [5.74, 6) is -1.68. The minimum atomic E-state index is -4.19. The van der Waals surface area contributed by atoms with Gasteiger partial charge in [0.2, 0.25) is 0 Å². The summed E-state index contributed by atoms with van der Waals surface area (Å²) in [5.41, 5.74) is 3.11. The number of imide groups is 2. The lowest BCUT2D eigenvalue weighted by molar-refractivity contribution is -0.122. The van der Waals surface area contributed by atoms with Crippen molar-refractivity contribution in [3.63, 3.8) is 0 Å². The van der Waals surface area contributed by atoms with Crippen LogP contribution >= 0.6 is 15.9 Å². The quantitative estimate of drug-likeness (QED) is 0.221. The van der Waals surface area contributed by atoms with Crippen molar-refractivity contribution < 1.29 is 31.7 Å². The number of nitrogens with one attached hydrogen (secondary N) is 1. The molecule has 3 aromatic carbocycles. The van der Waals surface area contributed by atoms with Crippen molar-refractivity contribution in [2.45, 2.75) is 32.6 Å². The van der Waals surface area contributed by atoms with Crippen LogP contribution < -0.4 is 19.1 Å². The van der Waals surface area contributed by atoms with E-state index in [0.29, 0.717) is 11.3 Å². The highest BCUT2D eigenvalue weighted by molar-refractivity contribution is 9.10. The average Bonchev–Trinajstić information content (AvgIpc) is 2.86. The predicted octanol–water partition coefficient (Wildman–Crippen LogP) is 5.21. The SMILES string of the molecule is CCOc1cc(/C=C2\C(=O)NC(=O)N(c3ccc(C)c(C)c3)C2=O)cc(Br)c1OS(=O)(=O)c1ccc(C)cc1. The van der Waals surface area contributed by atoms with Gasteiger partial charge in [0, 0.05) is 0 Å². The molecule has 0 bridgehead atoms. The van der Waals surface area contributed by atoms with Crippen LogP contribution in [-0.2, 0) is 19.7 Å². The fourth-order valence-corrected chi connectivity index (χ4v) is 5.41. The number of barbiturate groups is 1. The van der Waals surface area contributed by atoms with Gasteiger partial charge in [0.15, 0.2) is 11.5 Å². The van der Waals surface area contributed by atoms with Gasteiger partial charge in [-0.2, -0.15) is 8.42 Å². The fraction of sp³-hybridized carbons (Fsp3) is 0.179. The third kappa shape index (κ3) is 5.89. The van der Waals surface area contributed by atoms with Gasteiger partial charge in [-0.25, -0.2) is 9.69 Å². The Morgan fingerprint density at radius 2 is 1.64 bits per heavy atom. The van der Waals surface area contributed by atoms with Gasteiger partial charge in [0.25, 0.3) is 11.8 Å². The van der Waals surface area contributed by atoms with E-state index >= 15 is 0 Å². The van der Waals surface area contributed by atoms with Gasteiger partial charge in [-0.05, 0) is 103 Å². The maximum absolute atomic E-state index is 13.3. The Balaban J connectivity index is 1.72. The van der Waals surface area contributed by atoms with Gasteiger partial charge in [-0.3, -0.25) is 14.9 Å². The lowest BCUT2D eigenvalue weighted by Gasteiger charge is -2.27. The van der Waals surface area contributed by atoms with Crippen molar-refractivity contribution in [2.24, 2.45) is 0 Å². The minimum absolute atomic E-state index is 0.0331. The van der Waals surface area contributed by atoms with Crippen LogP contribution in [0.4, 0.5) is 10.5 Å². The zero-order valence-electron chi connectivity index (χ0n) is 21.6. The number of anilines is 1. The Kier molecular flexibility index (Phi) is 7.94. The smallest absolute Gasteiger partial charge is 0.339 e. The van der Waals surface area contributed by atoms with Gasteiger partial charge in [0.1, 0.15) is 10.5 Å². The van der Waals surface area contributed by atoms with E-state index in [4.69, 9.17) is 8.92 Å². The van der Waals surface area contributed by atoms with E-state index in [1.54, 1.807) is 37.3 Å². The number of ether oxygens (including phenoxy) is 1. The monoisotopic (exact) mass is 612 g/mol. The van der Waals surface area contributed by atoms with Crippen LogP contribution in [0.25, 0.3) is 6.08 Å². The Morgan fingerprint density at radius 1 is 0.949 bits per heavy atom. The van der Waals surface area contributed by atoms with Gasteiger partial charge in [-0.1, -0.05) is 23.8 Å². The Hall–Kier alpha value is -3.96. The topological polar surface area (TPSA) is 119 Å². The molecular formula is C28H25BrN2O7S. The highest BCUT2D eigenvalue weighted by Crippen LogP contribution is 2.39. The van der Waals surface area contributed by atoms with E-state index in [1.165, 1.54) is 30.3 Å². The largest absolute Gasteiger partial charge is 0.490 e. The molecule has 1 aliphatic heterocycles. The van der Waals surface area contributed by atoms with Crippen molar-refractivity contribution >= 4 is 55.7 Å². The standard InChI is InChI=1S/C28H25BrN2O7S/c1-5-37-24-15-19(14-23(29)25(24)38-39(35,36)21-10-6-16(2)7-11-21)13-22-26(32)30-28(34)31(27(22)33)20-9-8-17(3)18(4)12-20/h6-15H,5H2,1-4H3,(H,30,32,34)/b22-13+. The lowest BCUT2D eigenvalue weighted by atomic mass is 10.0. The molecule has 0 atom stereocenters. The van der Waals surface area contributed by atoms with Gasteiger partial charge in [0.05, 0.1) is 16.8 Å². The number of hydrogen-bond acceptors (Lipinski definition) is 7. The van der Waals surface area contributed by atoms with Crippen LogP contribution in [0, 0.1) is 20.8 Å². The third-order valence-corrected chi connectivity index (χ3v) is 7.82. The summed E-state index contributed by atoms with van der Waals surface area (Å²) in [5, 5.41) is 2.19. The van der Waals surface area contributed by atoms with Crippen molar-refractivity contribution in [3.05, 3.63) is 86.9 Å². The molecule has 0 aliphatic carbocycles. The maximum atomic E-state index is 13.3. The summed E-state index contributed by atoms with van der Waals surface area (Å²) in [4.78, 5) is 39.4. The molecule has 0 unspecified atom stereocenters. The molecule has 3 aromatic rings. The first kappa shape index (κ1) is 28.1. The van der Waals surface area contributed by atoms with Gasteiger partial charge in [-0.15, -0.1) is 0 Å². The molecule has 0 radical (unpaired) electrons. The molecule has 9 nitrogen and oxygen atoms in total. The molecule has 1 N–H and O–H groups in total. The van der Waals surface area contributed by atoms with E-state index in [0.717, 1.165) is 21.6 Å². The summed E-state index contributed by atoms with van der Waals surface area (Å²) in [6.45, 7) is 7.48. The Bertz CT molecular complexity index is 1630. The molecule has 0 saturated carbocycles. The molecule has 4 amide bonds. The molecule has 1 heterocycles. The highest BCUT2D eigenvalue weighted by atomic mass is 79.9. The first-order valence-corrected chi connectivity index (χ1v) is 14.1. The molecule has 1 aliphatic rings. The van der Waals surface area contributed by atoms with Gasteiger partial charge < -0.3 is 8.92 Å². The highest BCUT2D eigenvalue weighted by Gasteiger charge is 2.37. The molecule has 4 rings (SSSR count). The second-order valence-electron chi connectivity index (χ2n) is 8.84. The zero-order chi connectivity index (χ0) is 28.5. The predicted molar refractivity (Wildman–Crippen MR) is 149 cm³/mol. The second-order valence-corrected chi connectivity index (χ2v) is 11.2. The van der Waals surface area contributed by atoms with Crippen LogP contribution in [0.1, 0.15) is 29.2 Å². The summed E-state index contributed by atoms with van der Waals surface area (Å²) >= 11 is 3.32. The number of carbonyl (C=O) groups excluding carboxylic acids is 3. The first-order valence-electron chi connectivity index (χ1n) is 11.9. The second kappa shape index (κ2) is 11.0. The number of carbonyl (C=O) groups is 3. The van der Waals surface area contributed by atoms with E-state index < -0.39 is 28.0 Å². The van der Waals surface area contributed by atoms with Crippen molar-refractivity contribution in [1.82, 2.24) is 5.32 Å². The number of nitrogens with zero attached hydrogens (tertiary/aromatic N) is 1. The fourth-order valence-electron chi connectivity index (χ4n) is 3.80. The molecule has 0 spiro atoms. The summed E-state index contributed by atoms with van der Waals surface area (Å²) in [6.07, 6.45) is 1.30. The van der Waals surface area contributed by atoms with Crippen LogP contribution in [-0.4, -0.2) is 32.9 Å². The zero-order valence-corrected chi connectivity index (χ0v) is 24.0. The molecule has 202 valence electrons. The summed E-state index contributed by atoms with van der Waals surface area (Å²) < 4.78 is 37.1. The molecule has 0 aromatic heterocycles. The number of benzene rings is 3. The third-order valence-electron chi connectivity index (χ3n) is 6.00. The first-order chi connectivity index (χ1) is 18.4. The number of urea groups is 1. The minimum Gasteiger partial charge on any atom is -0.490 e. The van der Waals surface area contributed by atoms with Crippen molar-refractivity contribution in [1.29, 1.82) is 0 Å². The number of aryl methyl sites for hydroxylation is 3. The number of amides is 4. The molecule has 1 fully saturated rings. The normalized spacial score (nSPS) is 14.9. The Morgan fingerprint density at radius 3 is 2.28 bits per heavy atom. The number of rotatable bonds is 7. The van der Waals surface area contributed by atoms with Crippen LogP contribution in [0.2, 0.25) is 0 Å². The molecule has 11 heteroatoms. The Labute approximate surface area is 234 Å². The van der Waals surface area contributed by atoms with Gasteiger partial charge >= 0.3 is 16.1 Å². The van der Waals surface area contributed by atoms with Crippen molar-refractivity contribution in [2.75, 3.05) is 11.5 Å². The maximum Gasteiger partial charge on any atom is 0.339 e. The van der Waals surface area contributed by atoms with Crippen LogP contribution in [0.3, 0.4) is 0 Å².